The lowest BCUT2D eigenvalue weighted by molar-refractivity contribution is 0.346. The van der Waals surface area contributed by atoms with Crippen LogP contribution in [0.3, 0.4) is 0 Å². The first-order valence-electron chi connectivity index (χ1n) is 5.38. The highest BCUT2D eigenvalue weighted by atomic mass is 35.5. The summed E-state index contributed by atoms with van der Waals surface area (Å²) in [5.74, 6) is 0.301. The van der Waals surface area contributed by atoms with Crippen molar-refractivity contribution >= 4 is 21.6 Å². The van der Waals surface area contributed by atoms with Crippen molar-refractivity contribution in [3.05, 3.63) is 18.0 Å². The van der Waals surface area contributed by atoms with Gasteiger partial charge in [0.05, 0.1) is 10.8 Å². The second kappa shape index (κ2) is 4.77. The van der Waals surface area contributed by atoms with Crippen molar-refractivity contribution in [2.75, 3.05) is 13.1 Å². The molecule has 90 valence electrons. The number of aromatic nitrogens is 1. The molecule has 1 saturated heterocycles. The zero-order chi connectivity index (χ0) is 11.6. The predicted octanol–water partition coefficient (Wildman–Crippen LogP) is 1.93. The van der Waals surface area contributed by atoms with Crippen molar-refractivity contribution < 1.29 is 8.42 Å². The number of alkyl halides is 1. The quantitative estimate of drug-likeness (QED) is 0.847. The van der Waals surface area contributed by atoms with Gasteiger partial charge in [-0.3, -0.25) is 0 Å². The van der Waals surface area contributed by atoms with Crippen LogP contribution in [-0.4, -0.2) is 30.8 Å². The van der Waals surface area contributed by atoms with Crippen LogP contribution in [0, 0.1) is 0 Å². The number of nitrogens with zero attached hydrogens (tertiary/aromatic N) is 1. The topological polar surface area (TPSA) is 53.2 Å². The number of rotatable bonds is 3. The minimum absolute atomic E-state index is 0.301. The van der Waals surface area contributed by atoms with Crippen molar-refractivity contribution in [1.29, 1.82) is 0 Å². The van der Waals surface area contributed by atoms with E-state index < -0.39 is 10.0 Å². The Morgan fingerprint density at radius 3 is 2.56 bits per heavy atom. The highest BCUT2D eigenvalue weighted by molar-refractivity contribution is 7.89. The number of hydrogen-bond donors (Lipinski definition) is 1. The summed E-state index contributed by atoms with van der Waals surface area (Å²) in [5, 5.41) is 0. The molecule has 1 fully saturated rings. The van der Waals surface area contributed by atoms with Crippen LogP contribution < -0.4 is 0 Å². The second-order valence-corrected chi connectivity index (χ2v) is 6.16. The zero-order valence-corrected chi connectivity index (χ0v) is 10.5. The highest BCUT2D eigenvalue weighted by Crippen LogP contribution is 2.21. The van der Waals surface area contributed by atoms with Crippen molar-refractivity contribution in [2.45, 2.75) is 30.0 Å². The number of sulfonamides is 1. The van der Waals surface area contributed by atoms with Crippen molar-refractivity contribution in [1.82, 2.24) is 9.29 Å². The van der Waals surface area contributed by atoms with E-state index in [1.807, 2.05) is 0 Å². The molecule has 0 aromatic carbocycles. The SMILES string of the molecule is O=S(=O)(c1c[nH]c(CCl)c1)N1CCCCC1. The van der Waals surface area contributed by atoms with Crippen LogP contribution >= 0.6 is 11.6 Å². The Balaban J connectivity index is 2.23. The average molecular weight is 263 g/mol. The van der Waals surface area contributed by atoms with Gasteiger partial charge in [0, 0.05) is 25.0 Å². The van der Waals surface area contributed by atoms with Crippen LogP contribution in [-0.2, 0) is 15.9 Å². The third-order valence-corrected chi connectivity index (χ3v) is 4.98. The van der Waals surface area contributed by atoms with Crippen molar-refractivity contribution in [3.8, 4) is 0 Å². The molecule has 0 aliphatic carbocycles. The molecule has 0 saturated carbocycles. The summed E-state index contributed by atoms with van der Waals surface area (Å²) >= 11 is 5.64. The second-order valence-electron chi connectivity index (χ2n) is 3.96. The maximum absolute atomic E-state index is 12.2. The summed E-state index contributed by atoms with van der Waals surface area (Å²) in [7, 11) is -3.31. The molecule has 0 unspecified atom stereocenters. The van der Waals surface area contributed by atoms with Crippen LogP contribution in [0.5, 0.6) is 0 Å². The zero-order valence-electron chi connectivity index (χ0n) is 8.95. The number of nitrogens with one attached hydrogen (secondary N) is 1. The summed E-state index contributed by atoms with van der Waals surface area (Å²) in [4.78, 5) is 3.19. The number of halogens is 1. The summed E-state index contributed by atoms with van der Waals surface area (Å²) in [6.45, 7) is 1.26. The smallest absolute Gasteiger partial charge is 0.244 e. The normalized spacial score (nSPS) is 18.8. The number of aromatic amines is 1. The lowest BCUT2D eigenvalue weighted by Crippen LogP contribution is -2.35. The summed E-state index contributed by atoms with van der Waals surface area (Å²) < 4.78 is 25.9. The van der Waals surface area contributed by atoms with Gasteiger partial charge in [-0.15, -0.1) is 11.6 Å². The van der Waals surface area contributed by atoms with Gasteiger partial charge < -0.3 is 4.98 Å². The fraction of sp³-hybridized carbons (Fsp3) is 0.600. The largest absolute Gasteiger partial charge is 0.363 e. The van der Waals surface area contributed by atoms with Gasteiger partial charge in [0.1, 0.15) is 0 Å². The molecule has 1 aromatic heterocycles. The molecule has 0 radical (unpaired) electrons. The minimum Gasteiger partial charge on any atom is -0.363 e. The molecular formula is C10H15ClN2O2S. The molecule has 16 heavy (non-hydrogen) atoms. The third kappa shape index (κ3) is 2.26. The fourth-order valence-electron chi connectivity index (χ4n) is 1.90. The number of piperidine rings is 1. The molecule has 4 nitrogen and oxygen atoms in total. The van der Waals surface area contributed by atoms with Gasteiger partial charge in [0.25, 0.3) is 0 Å². The van der Waals surface area contributed by atoms with Crippen LogP contribution in [0.15, 0.2) is 17.2 Å². The van der Waals surface area contributed by atoms with Gasteiger partial charge in [-0.05, 0) is 18.9 Å². The van der Waals surface area contributed by atoms with Crippen LogP contribution in [0.4, 0.5) is 0 Å². The molecule has 6 heteroatoms. The van der Waals surface area contributed by atoms with E-state index in [1.54, 1.807) is 10.4 Å². The summed E-state index contributed by atoms with van der Waals surface area (Å²) in [6, 6.07) is 1.61. The molecule has 0 amide bonds. The Morgan fingerprint density at radius 1 is 1.31 bits per heavy atom. The van der Waals surface area contributed by atoms with Crippen LogP contribution in [0.1, 0.15) is 25.0 Å². The van der Waals surface area contributed by atoms with E-state index in [-0.39, 0.29) is 0 Å². The van der Waals surface area contributed by atoms with E-state index in [9.17, 15) is 8.42 Å². The first-order chi connectivity index (χ1) is 7.64. The lowest BCUT2D eigenvalue weighted by Gasteiger charge is -2.25. The van der Waals surface area contributed by atoms with Gasteiger partial charge in [-0.2, -0.15) is 4.31 Å². The van der Waals surface area contributed by atoms with Gasteiger partial charge in [0.15, 0.2) is 0 Å². The van der Waals surface area contributed by atoms with Crippen LogP contribution in [0.2, 0.25) is 0 Å². The first-order valence-corrected chi connectivity index (χ1v) is 7.35. The maximum Gasteiger partial charge on any atom is 0.244 e. The molecular weight excluding hydrogens is 248 g/mol. The van der Waals surface area contributed by atoms with Gasteiger partial charge in [0.2, 0.25) is 10.0 Å². The minimum atomic E-state index is -3.31. The number of hydrogen-bond acceptors (Lipinski definition) is 2. The van der Waals surface area contributed by atoms with Crippen molar-refractivity contribution in [3.63, 3.8) is 0 Å². The summed E-state index contributed by atoms with van der Waals surface area (Å²) in [6.07, 6.45) is 4.53. The molecule has 0 atom stereocenters. The van der Waals surface area contributed by atoms with E-state index in [2.05, 4.69) is 4.98 Å². The molecule has 1 aromatic rings. The molecule has 2 heterocycles. The molecule has 0 spiro atoms. The van der Waals surface area contributed by atoms with Crippen LogP contribution in [0.25, 0.3) is 0 Å². The van der Waals surface area contributed by atoms with E-state index in [0.717, 1.165) is 25.0 Å². The first kappa shape index (κ1) is 12.0. The monoisotopic (exact) mass is 262 g/mol. The van der Waals surface area contributed by atoms with Crippen molar-refractivity contribution in [2.24, 2.45) is 0 Å². The molecule has 0 bridgehead atoms. The Labute approximate surface area is 101 Å². The predicted molar refractivity (Wildman–Crippen MR) is 63.0 cm³/mol. The van der Waals surface area contributed by atoms with E-state index in [4.69, 9.17) is 11.6 Å². The Bertz CT molecular complexity index is 449. The average Bonchev–Trinajstić information content (AvgIpc) is 2.79. The van der Waals surface area contributed by atoms with Gasteiger partial charge in [-0.1, -0.05) is 6.42 Å². The van der Waals surface area contributed by atoms with E-state index in [1.165, 1.54) is 6.20 Å². The standard InChI is InChI=1S/C10H15ClN2O2S/c11-7-9-6-10(8-12-9)16(14,15)13-4-2-1-3-5-13/h6,8,12H,1-5,7H2. The van der Waals surface area contributed by atoms with Gasteiger partial charge >= 0.3 is 0 Å². The molecule has 2 rings (SSSR count). The maximum atomic E-state index is 12.2. The van der Waals surface area contributed by atoms with E-state index in [0.29, 0.717) is 23.9 Å². The summed E-state index contributed by atoms with van der Waals surface area (Å²) in [5.41, 5.74) is 0.734. The van der Waals surface area contributed by atoms with Gasteiger partial charge in [-0.25, -0.2) is 8.42 Å². The molecule has 1 N–H and O–H groups in total. The molecule has 1 aliphatic rings. The molecule has 1 aliphatic heterocycles. The Hall–Kier alpha value is -0.520. The lowest BCUT2D eigenvalue weighted by atomic mass is 10.2. The third-order valence-electron chi connectivity index (χ3n) is 2.81. The fourth-order valence-corrected chi connectivity index (χ4v) is 3.59. The Kier molecular flexibility index (Phi) is 3.56. The Morgan fingerprint density at radius 2 is 2.00 bits per heavy atom. The number of H-pyrrole nitrogens is 1. The highest BCUT2D eigenvalue weighted by Gasteiger charge is 2.26. The van der Waals surface area contributed by atoms with E-state index >= 15 is 0 Å².